The zero-order valence-electron chi connectivity index (χ0n) is 16.2. The molecule has 1 amide bonds. The van der Waals surface area contributed by atoms with Crippen molar-refractivity contribution in [2.45, 2.75) is 45.6 Å². The first-order valence-corrected chi connectivity index (χ1v) is 10.3. The molecule has 0 spiro atoms. The predicted octanol–water partition coefficient (Wildman–Crippen LogP) is 4.32. The molecule has 1 N–H and O–H groups in total. The van der Waals surface area contributed by atoms with Gasteiger partial charge in [-0.15, -0.1) is 11.3 Å². The predicted molar refractivity (Wildman–Crippen MR) is 112 cm³/mol. The van der Waals surface area contributed by atoms with E-state index in [1.807, 2.05) is 6.92 Å². The lowest BCUT2D eigenvalue weighted by Crippen LogP contribution is -2.30. The fraction of sp³-hybridized carbons (Fsp3) is 0.318. The Morgan fingerprint density at radius 1 is 1.31 bits per heavy atom. The minimum Gasteiger partial charge on any atom is -0.481 e. The quantitative estimate of drug-likeness (QED) is 0.649. The van der Waals surface area contributed by atoms with E-state index in [1.165, 1.54) is 22.3 Å². The summed E-state index contributed by atoms with van der Waals surface area (Å²) in [5.74, 6) is 0.103. The number of benzene rings is 1. The Kier molecular flexibility index (Phi) is 5.12. The number of ether oxygens (including phenoxy) is 1. The summed E-state index contributed by atoms with van der Waals surface area (Å²) >= 11 is 1.48. The van der Waals surface area contributed by atoms with Gasteiger partial charge in [0, 0.05) is 22.4 Å². The van der Waals surface area contributed by atoms with E-state index in [-0.39, 0.29) is 5.91 Å². The number of thiophene rings is 1. The van der Waals surface area contributed by atoms with Crippen molar-refractivity contribution in [3.63, 3.8) is 0 Å². The van der Waals surface area contributed by atoms with Crippen LogP contribution in [0, 0.1) is 18.3 Å². The zero-order chi connectivity index (χ0) is 20.5. The third-order valence-corrected chi connectivity index (χ3v) is 6.33. The van der Waals surface area contributed by atoms with Gasteiger partial charge in [-0.3, -0.25) is 4.79 Å². The van der Waals surface area contributed by atoms with E-state index < -0.39 is 11.7 Å². The molecule has 1 aromatic carbocycles. The first-order valence-electron chi connectivity index (χ1n) is 9.53. The SMILES string of the molecule is Cc1cc(=O)oc2cc(O[C@H](C)C(=O)Nc3sc4c(c3C#N)CCCC4)ccc12. The standard InChI is InChI=1S/C22H20N2O4S/c1-12-9-20(25)28-18-10-14(7-8-15(12)18)27-13(2)21(26)24-22-17(11-23)16-5-3-4-6-19(16)29-22/h7-10,13H,3-6H2,1-2H3,(H,24,26)/t13-/m1/s1. The van der Waals surface area contributed by atoms with E-state index in [4.69, 9.17) is 9.15 Å². The summed E-state index contributed by atoms with van der Waals surface area (Å²) in [6.07, 6.45) is 3.25. The van der Waals surface area contributed by atoms with Gasteiger partial charge in [0.05, 0.1) is 5.56 Å². The van der Waals surface area contributed by atoms with E-state index in [0.717, 1.165) is 42.2 Å². The van der Waals surface area contributed by atoms with Gasteiger partial charge in [-0.05, 0) is 62.8 Å². The summed E-state index contributed by atoms with van der Waals surface area (Å²) in [7, 11) is 0. The molecule has 2 aromatic heterocycles. The molecule has 6 nitrogen and oxygen atoms in total. The molecule has 2 heterocycles. The molecule has 0 aliphatic heterocycles. The fourth-order valence-corrected chi connectivity index (χ4v) is 4.86. The van der Waals surface area contributed by atoms with Crippen molar-refractivity contribution in [1.29, 1.82) is 5.26 Å². The van der Waals surface area contributed by atoms with E-state index in [2.05, 4.69) is 11.4 Å². The van der Waals surface area contributed by atoms with Gasteiger partial charge in [-0.25, -0.2) is 4.79 Å². The number of nitriles is 1. The Hall–Kier alpha value is -3.11. The highest BCUT2D eigenvalue weighted by Crippen LogP contribution is 2.37. The molecule has 0 bridgehead atoms. The van der Waals surface area contributed by atoms with E-state index in [0.29, 0.717) is 21.9 Å². The van der Waals surface area contributed by atoms with Crippen molar-refractivity contribution >= 4 is 33.2 Å². The smallest absolute Gasteiger partial charge is 0.336 e. The molecular formula is C22H20N2O4S. The maximum Gasteiger partial charge on any atom is 0.336 e. The normalized spacial score (nSPS) is 14.1. The number of fused-ring (bicyclic) bond motifs is 2. The van der Waals surface area contributed by atoms with Crippen LogP contribution in [-0.2, 0) is 17.6 Å². The molecule has 0 saturated carbocycles. The average Bonchev–Trinajstić information content (AvgIpc) is 3.04. The Balaban J connectivity index is 1.52. The second kappa shape index (κ2) is 7.72. The molecule has 1 atom stereocenters. The van der Waals surface area contributed by atoms with Gasteiger partial charge >= 0.3 is 5.63 Å². The highest BCUT2D eigenvalue weighted by atomic mass is 32.1. The molecule has 4 rings (SSSR count). The molecule has 148 valence electrons. The first kappa shape index (κ1) is 19.2. The van der Waals surface area contributed by atoms with Crippen molar-refractivity contribution < 1.29 is 13.9 Å². The van der Waals surface area contributed by atoms with Crippen molar-refractivity contribution in [3.05, 3.63) is 56.3 Å². The average molecular weight is 408 g/mol. The topological polar surface area (TPSA) is 92.3 Å². The van der Waals surface area contributed by atoms with E-state index >= 15 is 0 Å². The van der Waals surface area contributed by atoms with Gasteiger partial charge in [0.25, 0.3) is 5.91 Å². The first-order chi connectivity index (χ1) is 14.0. The van der Waals surface area contributed by atoms with Crippen LogP contribution in [0.4, 0.5) is 5.00 Å². The summed E-state index contributed by atoms with van der Waals surface area (Å²) in [4.78, 5) is 25.4. The number of rotatable bonds is 4. The number of anilines is 1. The maximum atomic E-state index is 12.7. The maximum absolute atomic E-state index is 12.7. The summed E-state index contributed by atoms with van der Waals surface area (Å²) in [5, 5.41) is 13.8. The van der Waals surface area contributed by atoms with Gasteiger partial charge in [-0.1, -0.05) is 0 Å². The Bertz CT molecular complexity index is 1200. The number of carbonyl (C=O) groups is 1. The van der Waals surface area contributed by atoms with Crippen molar-refractivity contribution in [2.24, 2.45) is 0 Å². The molecular weight excluding hydrogens is 388 g/mol. The van der Waals surface area contributed by atoms with Crippen LogP contribution in [0.3, 0.4) is 0 Å². The molecule has 0 saturated heterocycles. The van der Waals surface area contributed by atoms with Gasteiger partial charge in [0.2, 0.25) is 0 Å². The van der Waals surface area contributed by atoms with Crippen molar-refractivity contribution in [1.82, 2.24) is 0 Å². The number of hydrogen-bond acceptors (Lipinski definition) is 6. The van der Waals surface area contributed by atoms with Crippen LogP contribution in [0.2, 0.25) is 0 Å². The lowest BCUT2D eigenvalue weighted by Gasteiger charge is -2.14. The Morgan fingerprint density at radius 2 is 2.10 bits per heavy atom. The minimum absolute atomic E-state index is 0.328. The second-order valence-corrected chi connectivity index (χ2v) is 8.29. The van der Waals surface area contributed by atoms with Crippen LogP contribution in [0.15, 0.2) is 33.5 Å². The van der Waals surface area contributed by atoms with Gasteiger partial charge in [0.15, 0.2) is 6.10 Å². The second-order valence-electron chi connectivity index (χ2n) is 7.18. The van der Waals surface area contributed by atoms with Gasteiger partial charge in [0.1, 0.15) is 22.4 Å². The molecule has 29 heavy (non-hydrogen) atoms. The lowest BCUT2D eigenvalue weighted by atomic mass is 9.96. The highest BCUT2D eigenvalue weighted by Gasteiger charge is 2.24. The summed E-state index contributed by atoms with van der Waals surface area (Å²) in [5.41, 5.74) is 2.46. The summed E-state index contributed by atoms with van der Waals surface area (Å²) < 4.78 is 11.0. The molecule has 0 fully saturated rings. The Morgan fingerprint density at radius 3 is 2.90 bits per heavy atom. The van der Waals surface area contributed by atoms with Crippen LogP contribution in [0.25, 0.3) is 11.0 Å². The number of carbonyl (C=O) groups excluding carboxylic acids is 1. The highest BCUT2D eigenvalue weighted by molar-refractivity contribution is 7.16. The van der Waals surface area contributed by atoms with Crippen LogP contribution in [-0.4, -0.2) is 12.0 Å². The fourth-order valence-electron chi connectivity index (χ4n) is 3.62. The molecule has 0 unspecified atom stereocenters. The zero-order valence-corrected chi connectivity index (χ0v) is 17.0. The van der Waals surface area contributed by atoms with Crippen molar-refractivity contribution in [2.75, 3.05) is 5.32 Å². The molecule has 0 radical (unpaired) electrons. The van der Waals surface area contributed by atoms with Crippen LogP contribution in [0.1, 0.15) is 41.3 Å². The number of amides is 1. The number of nitrogens with one attached hydrogen (secondary N) is 1. The van der Waals surface area contributed by atoms with Crippen LogP contribution >= 0.6 is 11.3 Å². The monoisotopic (exact) mass is 408 g/mol. The molecule has 1 aliphatic carbocycles. The third kappa shape index (κ3) is 3.76. The number of hydrogen-bond donors (Lipinski definition) is 1. The van der Waals surface area contributed by atoms with Crippen molar-refractivity contribution in [3.8, 4) is 11.8 Å². The third-order valence-electron chi connectivity index (χ3n) is 5.12. The lowest BCUT2D eigenvalue weighted by molar-refractivity contribution is -0.122. The van der Waals surface area contributed by atoms with Crippen LogP contribution < -0.4 is 15.7 Å². The number of aryl methyl sites for hydroxylation is 2. The van der Waals surface area contributed by atoms with E-state index in [1.54, 1.807) is 25.1 Å². The number of nitrogens with zero attached hydrogens (tertiary/aromatic N) is 1. The molecule has 3 aromatic rings. The molecule has 7 heteroatoms. The van der Waals surface area contributed by atoms with Gasteiger partial charge < -0.3 is 14.5 Å². The largest absolute Gasteiger partial charge is 0.481 e. The molecule has 1 aliphatic rings. The summed E-state index contributed by atoms with van der Waals surface area (Å²) in [6, 6.07) is 8.83. The minimum atomic E-state index is -0.783. The van der Waals surface area contributed by atoms with Gasteiger partial charge in [-0.2, -0.15) is 5.26 Å². The van der Waals surface area contributed by atoms with E-state index in [9.17, 15) is 14.9 Å². The summed E-state index contributed by atoms with van der Waals surface area (Å²) in [6.45, 7) is 3.48. The Labute approximate surface area is 171 Å². The van der Waals surface area contributed by atoms with Crippen LogP contribution in [0.5, 0.6) is 5.75 Å².